The van der Waals surface area contributed by atoms with Gasteiger partial charge in [-0.2, -0.15) is 5.10 Å². The topological polar surface area (TPSA) is 108 Å². The number of carbonyl (C=O) groups excluding carboxylic acids is 1. The van der Waals surface area contributed by atoms with Crippen LogP contribution in [0.5, 0.6) is 0 Å². The van der Waals surface area contributed by atoms with Crippen LogP contribution in [0.3, 0.4) is 0 Å². The molecule has 0 spiro atoms. The molecule has 0 unspecified atom stereocenters. The Balaban J connectivity index is 1.52. The summed E-state index contributed by atoms with van der Waals surface area (Å²) in [6.07, 6.45) is 9.08. The minimum Gasteiger partial charge on any atom is -0.364 e. The molecular weight excluding hydrogens is 368 g/mol. The number of hydrogen-bond donors (Lipinski definition) is 2. The number of carbonyl (C=O) groups is 1. The van der Waals surface area contributed by atoms with E-state index in [-0.39, 0.29) is 0 Å². The second-order valence-corrected chi connectivity index (χ2v) is 7.63. The van der Waals surface area contributed by atoms with Gasteiger partial charge in [0.05, 0.1) is 17.9 Å². The first kappa shape index (κ1) is 16.3. The van der Waals surface area contributed by atoms with E-state index in [1.165, 1.54) is 25.5 Å². The lowest BCUT2D eigenvalue weighted by atomic mass is 9.93. The summed E-state index contributed by atoms with van der Waals surface area (Å²) in [7, 11) is 0. The molecule has 3 N–H and O–H groups in total. The summed E-state index contributed by atoms with van der Waals surface area (Å²) in [6.45, 7) is 1.66. The third-order valence-electron chi connectivity index (χ3n) is 5.92. The van der Waals surface area contributed by atoms with Gasteiger partial charge in [0.1, 0.15) is 22.7 Å². The third kappa shape index (κ3) is 2.40. The van der Waals surface area contributed by atoms with Crippen LogP contribution in [-0.2, 0) is 6.54 Å². The fourth-order valence-electron chi connectivity index (χ4n) is 4.18. The van der Waals surface area contributed by atoms with Crippen molar-refractivity contribution in [1.82, 2.24) is 28.7 Å². The molecule has 0 aromatic carbocycles. The van der Waals surface area contributed by atoms with E-state index >= 15 is 0 Å². The van der Waals surface area contributed by atoms with Gasteiger partial charge >= 0.3 is 0 Å². The van der Waals surface area contributed by atoms with Gasteiger partial charge < -0.3 is 15.6 Å². The lowest BCUT2D eigenvalue weighted by molar-refractivity contribution is 0.0995. The first-order valence-electron chi connectivity index (χ1n) is 9.86. The number of amides is 1. The molecule has 1 aliphatic carbocycles. The van der Waals surface area contributed by atoms with Gasteiger partial charge in [-0.25, -0.2) is 9.97 Å². The summed E-state index contributed by atoms with van der Waals surface area (Å²) < 4.78 is 5.96. The highest BCUT2D eigenvalue weighted by Gasteiger charge is 2.26. The average Bonchev–Trinajstić information content (AvgIpc) is 3.41. The number of anilines is 1. The van der Waals surface area contributed by atoms with Crippen molar-refractivity contribution in [3.8, 4) is 22.6 Å². The quantitative estimate of drug-likeness (QED) is 0.558. The number of nitrogens with two attached hydrogens (primary N) is 1. The molecule has 1 aliphatic heterocycles. The summed E-state index contributed by atoms with van der Waals surface area (Å²) >= 11 is 0. The van der Waals surface area contributed by atoms with Crippen molar-refractivity contribution in [2.24, 2.45) is 5.73 Å². The number of hydrogen-bond acceptors (Lipinski definition) is 5. The molecule has 1 saturated carbocycles. The summed E-state index contributed by atoms with van der Waals surface area (Å²) in [5.74, 6) is 0.336. The fraction of sp³-hybridized carbons (Fsp3) is 0.300. The van der Waals surface area contributed by atoms with Crippen LogP contribution in [0.15, 0.2) is 36.8 Å². The molecule has 29 heavy (non-hydrogen) atoms. The van der Waals surface area contributed by atoms with Gasteiger partial charge in [-0.1, -0.05) is 0 Å². The first-order chi connectivity index (χ1) is 14.2. The molecule has 0 atom stereocenters. The number of fused-ring (bicyclic) bond motifs is 2. The van der Waals surface area contributed by atoms with Gasteiger partial charge in [0.2, 0.25) is 5.95 Å². The summed E-state index contributed by atoms with van der Waals surface area (Å²) in [4.78, 5) is 20.9. The molecule has 0 saturated heterocycles. The third-order valence-corrected chi connectivity index (χ3v) is 5.92. The SMILES string of the molecule is NC(=O)c1cnc2ccc(-c3c(-c4ccn(C5CCC5)n4)nc4n3CCN4)cn12. The van der Waals surface area contributed by atoms with Gasteiger partial charge in [0, 0.05) is 31.0 Å². The second kappa shape index (κ2) is 5.94. The number of aromatic nitrogens is 6. The van der Waals surface area contributed by atoms with Crippen LogP contribution in [0.4, 0.5) is 5.95 Å². The molecule has 146 valence electrons. The van der Waals surface area contributed by atoms with E-state index in [1.807, 2.05) is 30.6 Å². The van der Waals surface area contributed by atoms with Crippen LogP contribution in [0, 0.1) is 0 Å². The molecule has 1 amide bonds. The maximum atomic E-state index is 11.8. The largest absolute Gasteiger partial charge is 0.364 e. The number of nitrogens with zero attached hydrogens (tertiary/aromatic N) is 6. The molecule has 6 rings (SSSR count). The number of pyridine rings is 1. The number of rotatable bonds is 4. The van der Waals surface area contributed by atoms with E-state index in [4.69, 9.17) is 15.8 Å². The highest BCUT2D eigenvalue weighted by Crippen LogP contribution is 2.37. The molecular formula is C20H20N8O. The zero-order valence-electron chi connectivity index (χ0n) is 15.7. The summed E-state index contributed by atoms with van der Waals surface area (Å²) in [5.41, 5.74) is 10.2. The molecule has 4 aromatic rings. The van der Waals surface area contributed by atoms with Crippen molar-refractivity contribution >= 4 is 17.5 Å². The van der Waals surface area contributed by atoms with Gasteiger partial charge in [0.15, 0.2) is 0 Å². The van der Waals surface area contributed by atoms with Crippen LogP contribution in [0.2, 0.25) is 0 Å². The van der Waals surface area contributed by atoms with Crippen molar-refractivity contribution < 1.29 is 4.79 Å². The van der Waals surface area contributed by atoms with Crippen LogP contribution in [-0.4, -0.2) is 41.2 Å². The Bertz CT molecular complexity index is 1260. The Morgan fingerprint density at radius 1 is 1.24 bits per heavy atom. The average molecular weight is 388 g/mol. The van der Waals surface area contributed by atoms with Crippen LogP contribution in [0.25, 0.3) is 28.3 Å². The van der Waals surface area contributed by atoms with Crippen molar-refractivity contribution in [2.45, 2.75) is 31.8 Å². The summed E-state index contributed by atoms with van der Waals surface area (Å²) in [6, 6.07) is 6.42. The number of primary amides is 1. The predicted molar refractivity (Wildman–Crippen MR) is 108 cm³/mol. The predicted octanol–water partition coefficient (Wildman–Crippen LogP) is 2.31. The van der Waals surface area contributed by atoms with E-state index in [0.717, 1.165) is 41.7 Å². The zero-order valence-corrected chi connectivity index (χ0v) is 15.7. The van der Waals surface area contributed by atoms with E-state index in [1.54, 1.807) is 4.40 Å². The van der Waals surface area contributed by atoms with Gasteiger partial charge in [-0.15, -0.1) is 0 Å². The normalized spacial score (nSPS) is 16.0. The first-order valence-corrected chi connectivity index (χ1v) is 9.86. The molecule has 9 heteroatoms. The smallest absolute Gasteiger partial charge is 0.267 e. The lowest BCUT2D eigenvalue weighted by Gasteiger charge is -2.25. The molecule has 0 radical (unpaired) electrons. The van der Waals surface area contributed by atoms with Crippen molar-refractivity contribution in [2.75, 3.05) is 11.9 Å². The molecule has 1 fully saturated rings. The molecule has 9 nitrogen and oxygen atoms in total. The molecule has 0 bridgehead atoms. The maximum absolute atomic E-state index is 11.8. The Labute approximate surface area is 166 Å². The number of imidazole rings is 2. The Morgan fingerprint density at radius 2 is 2.14 bits per heavy atom. The van der Waals surface area contributed by atoms with Crippen LogP contribution < -0.4 is 11.1 Å². The fourth-order valence-corrected chi connectivity index (χ4v) is 4.18. The van der Waals surface area contributed by atoms with E-state index in [0.29, 0.717) is 17.4 Å². The van der Waals surface area contributed by atoms with Gasteiger partial charge in [0.25, 0.3) is 5.91 Å². The monoisotopic (exact) mass is 388 g/mol. The lowest BCUT2D eigenvalue weighted by Crippen LogP contribution is -2.17. The highest BCUT2D eigenvalue weighted by molar-refractivity contribution is 5.92. The maximum Gasteiger partial charge on any atom is 0.267 e. The minimum atomic E-state index is -0.505. The standard InChI is InChI=1S/C20H20N8O/c21-19(29)15-10-23-16-5-4-12(11-27(15)16)18-17(24-20-22-7-9-26(18)20)14-6-8-28(25-14)13-2-1-3-13/h4-6,8,10-11,13H,1-3,7,9H2,(H2,21,29)(H,22,24). The van der Waals surface area contributed by atoms with Crippen LogP contribution >= 0.6 is 0 Å². The van der Waals surface area contributed by atoms with Crippen molar-refractivity contribution in [1.29, 1.82) is 0 Å². The van der Waals surface area contributed by atoms with Crippen molar-refractivity contribution in [3.63, 3.8) is 0 Å². The highest BCUT2D eigenvalue weighted by atomic mass is 16.1. The summed E-state index contributed by atoms with van der Waals surface area (Å²) in [5, 5.41) is 8.16. The second-order valence-electron chi connectivity index (χ2n) is 7.63. The van der Waals surface area contributed by atoms with E-state index in [2.05, 4.69) is 19.5 Å². The van der Waals surface area contributed by atoms with Gasteiger partial charge in [-0.3, -0.25) is 13.9 Å². The van der Waals surface area contributed by atoms with E-state index < -0.39 is 5.91 Å². The Morgan fingerprint density at radius 3 is 2.93 bits per heavy atom. The van der Waals surface area contributed by atoms with Crippen molar-refractivity contribution in [3.05, 3.63) is 42.5 Å². The number of nitrogens with one attached hydrogen (secondary N) is 1. The van der Waals surface area contributed by atoms with Gasteiger partial charge in [-0.05, 0) is 37.5 Å². The minimum absolute atomic E-state index is 0.358. The molecule has 4 aromatic heterocycles. The molecule has 5 heterocycles. The van der Waals surface area contributed by atoms with E-state index in [9.17, 15) is 4.79 Å². The van der Waals surface area contributed by atoms with Crippen LogP contribution in [0.1, 0.15) is 35.8 Å². The Hall–Kier alpha value is -3.62. The molecule has 2 aliphatic rings. The zero-order chi connectivity index (χ0) is 19.5. The Kier molecular flexibility index (Phi) is 3.35.